The van der Waals surface area contributed by atoms with Crippen LogP contribution < -0.4 is 5.73 Å². The number of hydrogen-bond acceptors (Lipinski definition) is 10. The number of halogens is 1. The summed E-state index contributed by atoms with van der Waals surface area (Å²) in [6.07, 6.45) is 0.0747. The fourth-order valence-electron chi connectivity index (χ4n) is 3.72. The molecule has 2 saturated carbocycles. The number of aromatic nitrogens is 4. The minimum Gasteiger partial charge on any atom is -0.382 e. The molecule has 7 atom stereocenters. The number of fused-ring (bicyclic) bond motifs is 2. The Balaban J connectivity index is 1.43. The van der Waals surface area contributed by atoms with Crippen LogP contribution in [0.2, 0.25) is 0 Å². The second kappa shape index (κ2) is 7.10. The van der Waals surface area contributed by atoms with Crippen LogP contribution in [0.4, 0.5) is 10.2 Å². The molecule has 19 heteroatoms. The molecule has 2 aliphatic carbocycles. The lowest BCUT2D eigenvalue weighted by Gasteiger charge is -2.21. The fourth-order valence-corrected chi connectivity index (χ4v) is 6.99. The van der Waals surface area contributed by atoms with Crippen LogP contribution in [0.5, 0.6) is 0 Å². The van der Waals surface area contributed by atoms with Crippen LogP contribution in [-0.4, -0.2) is 51.4 Å². The highest BCUT2D eigenvalue weighted by atomic mass is 31.3. The molecule has 0 bridgehead atoms. The minimum absolute atomic E-state index is 0.128. The second-order valence-corrected chi connectivity index (χ2v) is 11.1. The SMILES string of the molecule is Nc1ncnc2c1ncn2[C@@H]1C[C@@H]2C(OP(=O)(O)OP(=O)(O)OP(=O)(O)O)C2[C@@H]1F. The molecule has 30 heavy (non-hydrogen) atoms. The van der Waals surface area contributed by atoms with Gasteiger partial charge >= 0.3 is 23.5 Å². The molecule has 2 aromatic heterocycles. The Labute approximate surface area is 166 Å². The highest BCUT2D eigenvalue weighted by Gasteiger charge is 2.66. The molecule has 0 amide bonds. The van der Waals surface area contributed by atoms with Crippen molar-refractivity contribution in [3.8, 4) is 0 Å². The molecule has 0 radical (unpaired) electrons. The number of hydrogen-bond donors (Lipinski definition) is 5. The van der Waals surface area contributed by atoms with Gasteiger partial charge in [0.05, 0.1) is 18.5 Å². The largest absolute Gasteiger partial charge is 0.490 e. The van der Waals surface area contributed by atoms with Crippen molar-refractivity contribution in [3.05, 3.63) is 12.7 Å². The number of alkyl halides is 1. The monoisotopic (exact) mass is 489 g/mol. The van der Waals surface area contributed by atoms with E-state index < -0.39 is 53.6 Å². The lowest BCUT2D eigenvalue weighted by atomic mass is 10.1. The van der Waals surface area contributed by atoms with Crippen molar-refractivity contribution >= 4 is 40.4 Å². The summed E-state index contributed by atoms with van der Waals surface area (Å²) < 4.78 is 62.4. The standard InChI is InChI=1S/C11H15FN5O10P3/c12-7-5(17-3-16-8-10(13)14-2-15-11(8)17)1-4-6(7)9(4)25-29(21,22)27-30(23,24)26-28(18,19)20/h2-7,9H,1H2,(H,21,22)(H,23,24)(H2,13,14,15)(H2,18,19,20)/t4-,5+,6?,7+,9?/m0/s1. The highest BCUT2D eigenvalue weighted by molar-refractivity contribution is 7.66. The number of rotatable bonds is 7. The average Bonchev–Trinajstić information content (AvgIpc) is 2.90. The second-order valence-electron chi connectivity index (χ2n) is 6.73. The summed E-state index contributed by atoms with van der Waals surface area (Å²) in [5.41, 5.74) is 6.32. The number of phosphoric acid groups is 3. The van der Waals surface area contributed by atoms with Crippen LogP contribution >= 0.6 is 23.5 Å². The third kappa shape index (κ3) is 4.21. The number of phosphoric ester groups is 1. The fraction of sp³-hybridized carbons (Fsp3) is 0.545. The Kier molecular flexibility index (Phi) is 5.19. The Hall–Kier alpha value is -1.31. The van der Waals surface area contributed by atoms with Gasteiger partial charge in [-0.3, -0.25) is 4.52 Å². The van der Waals surface area contributed by atoms with Gasteiger partial charge in [0.2, 0.25) is 0 Å². The first-order chi connectivity index (χ1) is 13.8. The molecule has 0 aliphatic heterocycles. The first-order valence-corrected chi connectivity index (χ1v) is 12.7. The summed E-state index contributed by atoms with van der Waals surface area (Å²) in [4.78, 5) is 47.7. The van der Waals surface area contributed by atoms with E-state index in [0.29, 0.717) is 11.2 Å². The van der Waals surface area contributed by atoms with E-state index in [-0.39, 0.29) is 12.2 Å². The number of nitrogens with zero attached hydrogens (tertiary/aromatic N) is 4. The highest BCUT2D eigenvalue weighted by Crippen LogP contribution is 2.70. The summed E-state index contributed by atoms with van der Waals surface area (Å²) in [6.45, 7) is 0. The molecule has 4 rings (SSSR count). The van der Waals surface area contributed by atoms with Gasteiger partial charge < -0.3 is 29.9 Å². The third-order valence-electron chi connectivity index (χ3n) is 4.82. The van der Waals surface area contributed by atoms with Crippen molar-refractivity contribution in [1.29, 1.82) is 0 Å². The summed E-state index contributed by atoms with van der Waals surface area (Å²) in [6, 6.07) is -0.708. The van der Waals surface area contributed by atoms with Crippen molar-refractivity contribution in [1.82, 2.24) is 19.5 Å². The van der Waals surface area contributed by atoms with E-state index in [0.717, 1.165) is 0 Å². The van der Waals surface area contributed by atoms with Crippen LogP contribution in [-0.2, 0) is 26.8 Å². The van der Waals surface area contributed by atoms with Gasteiger partial charge in [-0.15, -0.1) is 0 Å². The molecule has 2 fully saturated rings. The van der Waals surface area contributed by atoms with Gasteiger partial charge in [0.1, 0.15) is 18.0 Å². The van der Waals surface area contributed by atoms with Crippen molar-refractivity contribution in [2.75, 3.05) is 5.73 Å². The molecule has 2 heterocycles. The maximum atomic E-state index is 15.0. The molecule has 0 spiro atoms. The molecule has 0 aromatic carbocycles. The summed E-state index contributed by atoms with van der Waals surface area (Å²) in [5, 5.41) is 0. The Morgan fingerprint density at radius 1 is 1.10 bits per heavy atom. The third-order valence-corrected chi connectivity index (χ3v) is 8.66. The molecule has 4 unspecified atom stereocenters. The van der Waals surface area contributed by atoms with Crippen molar-refractivity contribution in [2.45, 2.75) is 24.7 Å². The predicted octanol–water partition coefficient (Wildman–Crippen LogP) is 0.649. The van der Waals surface area contributed by atoms with E-state index in [1.54, 1.807) is 0 Å². The molecule has 2 aromatic rings. The molecule has 6 N–H and O–H groups in total. The Bertz CT molecular complexity index is 1140. The van der Waals surface area contributed by atoms with Gasteiger partial charge in [-0.05, 0) is 12.3 Å². The van der Waals surface area contributed by atoms with Gasteiger partial charge in [-0.25, -0.2) is 33.0 Å². The Morgan fingerprint density at radius 2 is 1.80 bits per heavy atom. The first kappa shape index (κ1) is 21.9. The van der Waals surface area contributed by atoms with Crippen LogP contribution in [0.15, 0.2) is 12.7 Å². The summed E-state index contributed by atoms with van der Waals surface area (Å²) >= 11 is 0. The molecule has 0 saturated heterocycles. The van der Waals surface area contributed by atoms with Gasteiger partial charge in [-0.2, -0.15) is 8.62 Å². The molecule has 15 nitrogen and oxygen atoms in total. The number of nitrogen functional groups attached to an aromatic ring is 1. The topological polar surface area (TPSA) is 229 Å². The van der Waals surface area contributed by atoms with Gasteiger partial charge in [0.25, 0.3) is 0 Å². The molecular formula is C11H15FN5O10P3. The van der Waals surface area contributed by atoms with E-state index in [9.17, 15) is 23.0 Å². The van der Waals surface area contributed by atoms with E-state index in [1.807, 2.05) is 0 Å². The molecular weight excluding hydrogens is 474 g/mol. The van der Waals surface area contributed by atoms with Gasteiger partial charge in [0.15, 0.2) is 11.5 Å². The molecule has 2 aliphatic rings. The van der Waals surface area contributed by atoms with E-state index in [2.05, 4.69) is 23.6 Å². The van der Waals surface area contributed by atoms with E-state index in [1.165, 1.54) is 17.2 Å². The zero-order valence-corrected chi connectivity index (χ0v) is 17.3. The zero-order valence-electron chi connectivity index (χ0n) is 14.6. The summed E-state index contributed by atoms with van der Waals surface area (Å²) in [7, 11) is -16.4. The van der Waals surface area contributed by atoms with Crippen molar-refractivity contribution in [2.24, 2.45) is 11.8 Å². The first-order valence-electron chi connectivity index (χ1n) is 8.17. The Morgan fingerprint density at radius 3 is 2.40 bits per heavy atom. The normalized spacial score (nSPS) is 32.5. The van der Waals surface area contributed by atoms with Crippen molar-refractivity contribution in [3.63, 3.8) is 0 Å². The van der Waals surface area contributed by atoms with Gasteiger partial charge in [0, 0.05) is 5.92 Å². The van der Waals surface area contributed by atoms with Crippen LogP contribution in [0.3, 0.4) is 0 Å². The van der Waals surface area contributed by atoms with Crippen molar-refractivity contribution < 1.29 is 50.8 Å². The maximum absolute atomic E-state index is 15.0. The van der Waals surface area contributed by atoms with E-state index in [4.69, 9.17) is 24.9 Å². The predicted molar refractivity (Wildman–Crippen MR) is 94.0 cm³/mol. The maximum Gasteiger partial charge on any atom is 0.490 e. The number of nitrogens with two attached hydrogens (primary N) is 1. The van der Waals surface area contributed by atoms with Crippen LogP contribution in [0, 0.1) is 11.8 Å². The average molecular weight is 489 g/mol. The van der Waals surface area contributed by atoms with Crippen LogP contribution in [0.25, 0.3) is 11.2 Å². The lowest BCUT2D eigenvalue weighted by molar-refractivity contribution is 0.126. The number of anilines is 1. The number of imidazole rings is 1. The zero-order chi connectivity index (χ0) is 22.1. The summed E-state index contributed by atoms with van der Waals surface area (Å²) in [5.74, 6) is -1.22. The molecule has 166 valence electrons. The minimum atomic E-state index is -5.63. The van der Waals surface area contributed by atoms with E-state index >= 15 is 0 Å². The lowest BCUT2D eigenvalue weighted by Crippen LogP contribution is -2.22. The van der Waals surface area contributed by atoms with Gasteiger partial charge in [-0.1, -0.05) is 0 Å². The van der Waals surface area contributed by atoms with Crippen LogP contribution in [0.1, 0.15) is 12.5 Å². The smallest absolute Gasteiger partial charge is 0.382 e. The quantitative estimate of drug-likeness (QED) is 0.336.